The molecule has 1 heterocycles. The number of nitrogen functional groups attached to an aromatic ring is 1. The number of rotatable bonds is 5. The Bertz CT molecular complexity index is 699. The molecule has 0 saturated carbocycles. The van der Waals surface area contributed by atoms with Crippen molar-refractivity contribution >= 4 is 11.6 Å². The SMILES string of the molecule is Nc1ccccc1CCC(=O)N1CCC(Cc2ccc(F)cc2)C1. The molecule has 0 aliphatic carbocycles. The van der Waals surface area contributed by atoms with Gasteiger partial charge in [-0.1, -0.05) is 30.3 Å². The first-order chi connectivity index (χ1) is 11.6. The number of hydrogen-bond acceptors (Lipinski definition) is 2. The Balaban J connectivity index is 1.49. The summed E-state index contributed by atoms with van der Waals surface area (Å²) in [5.74, 6) is 0.447. The number of aryl methyl sites for hydroxylation is 1. The Morgan fingerprint density at radius 2 is 1.92 bits per heavy atom. The van der Waals surface area contributed by atoms with E-state index in [4.69, 9.17) is 5.73 Å². The van der Waals surface area contributed by atoms with Gasteiger partial charge >= 0.3 is 0 Å². The summed E-state index contributed by atoms with van der Waals surface area (Å²) in [6.07, 6.45) is 3.09. The van der Waals surface area contributed by atoms with Crippen molar-refractivity contribution in [1.29, 1.82) is 0 Å². The highest BCUT2D eigenvalue weighted by Gasteiger charge is 2.26. The minimum absolute atomic E-state index is 0.194. The van der Waals surface area contributed by atoms with Gasteiger partial charge in [0, 0.05) is 25.2 Å². The predicted octanol–water partition coefficient (Wildman–Crippen LogP) is 3.43. The quantitative estimate of drug-likeness (QED) is 0.856. The van der Waals surface area contributed by atoms with Gasteiger partial charge in [0.15, 0.2) is 0 Å². The highest BCUT2D eigenvalue weighted by molar-refractivity contribution is 5.77. The van der Waals surface area contributed by atoms with Gasteiger partial charge in [-0.05, 0) is 54.5 Å². The van der Waals surface area contributed by atoms with Crippen molar-refractivity contribution in [3.05, 3.63) is 65.5 Å². The van der Waals surface area contributed by atoms with Crippen LogP contribution >= 0.6 is 0 Å². The number of halogens is 1. The molecule has 2 aromatic rings. The molecule has 126 valence electrons. The second-order valence-corrected chi connectivity index (χ2v) is 6.52. The molecule has 3 nitrogen and oxygen atoms in total. The fourth-order valence-electron chi connectivity index (χ4n) is 3.34. The first-order valence-corrected chi connectivity index (χ1v) is 8.47. The van der Waals surface area contributed by atoms with Crippen LogP contribution in [0.4, 0.5) is 10.1 Å². The van der Waals surface area contributed by atoms with E-state index in [-0.39, 0.29) is 11.7 Å². The number of hydrogen-bond donors (Lipinski definition) is 1. The van der Waals surface area contributed by atoms with Gasteiger partial charge < -0.3 is 10.6 Å². The largest absolute Gasteiger partial charge is 0.399 e. The van der Waals surface area contributed by atoms with Crippen LogP contribution in [0, 0.1) is 11.7 Å². The van der Waals surface area contributed by atoms with E-state index >= 15 is 0 Å². The Kier molecular flexibility index (Phi) is 5.14. The summed E-state index contributed by atoms with van der Waals surface area (Å²) in [5, 5.41) is 0. The molecular weight excluding hydrogens is 303 g/mol. The fourth-order valence-corrected chi connectivity index (χ4v) is 3.34. The number of benzene rings is 2. The highest BCUT2D eigenvalue weighted by atomic mass is 19.1. The zero-order valence-electron chi connectivity index (χ0n) is 13.7. The Morgan fingerprint density at radius 3 is 2.67 bits per heavy atom. The van der Waals surface area contributed by atoms with Crippen LogP contribution in [0.1, 0.15) is 24.0 Å². The summed E-state index contributed by atoms with van der Waals surface area (Å²) < 4.78 is 13.0. The van der Waals surface area contributed by atoms with Gasteiger partial charge in [-0.2, -0.15) is 0 Å². The van der Waals surface area contributed by atoms with Crippen LogP contribution in [-0.4, -0.2) is 23.9 Å². The topological polar surface area (TPSA) is 46.3 Å². The molecule has 24 heavy (non-hydrogen) atoms. The zero-order chi connectivity index (χ0) is 16.9. The van der Waals surface area contributed by atoms with Crippen LogP contribution in [0.5, 0.6) is 0 Å². The number of carbonyl (C=O) groups is 1. The van der Waals surface area contributed by atoms with Crippen molar-refractivity contribution < 1.29 is 9.18 Å². The van der Waals surface area contributed by atoms with Crippen LogP contribution < -0.4 is 5.73 Å². The standard InChI is InChI=1S/C20H23FN2O/c21-18-8-5-15(6-9-18)13-16-11-12-23(14-16)20(24)10-7-17-3-1-2-4-19(17)22/h1-6,8-9,16H,7,10-14,22H2. The van der Waals surface area contributed by atoms with E-state index < -0.39 is 0 Å². The highest BCUT2D eigenvalue weighted by Crippen LogP contribution is 2.22. The molecule has 1 aliphatic rings. The van der Waals surface area contributed by atoms with Crippen molar-refractivity contribution in [3.63, 3.8) is 0 Å². The third-order valence-corrected chi connectivity index (χ3v) is 4.74. The molecule has 0 bridgehead atoms. The van der Waals surface area contributed by atoms with E-state index in [1.54, 1.807) is 0 Å². The van der Waals surface area contributed by atoms with Gasteiger partial charge in [-0.15, -0.1) is 0 Å². The maximum absolute atomic E-state index is 13.0. The van der Waals surface area contributed by atoms with Gasteiger partial charge in [0.25, 0.3) is 0 Å². The molecule has 1 amide bonds. The molecule has 0 aromatic heterocycles. The maximum Gasteiger partial charge on any atom is 0.222 e. The van der Waals surface area contributed by atoms with Crippen LogP contribution in [0.2, 0.25) is 0 Å². The monoisotopic (exact) mass is 326 g/mol. The number of amides is 1. The van der Waals surface area contributed by atoms with Crippen LogP contribution in [0.25, 0.3) is 0 Å². The molecule has 3 rings (SSSR count). The lowest BCUT2D eigenvalue weighted by molar-refractivity contribution is -0.130. The molecule has 1 unspecified atom stereocenters. The number of nitrogens with two attached hydrogens (primary N) is 1. The van der Waals surface area contributed by atoms with Crippen molar-refractivity contribution in [2.24, 2.45) is 5.92 Å². The smallest absolute Gasteiger partial charge is 0.222 e. The summed E-state index contributed by atoms with van der Waals surface area (Å²) in [7, 11) is 0. The van der Waals surface area contributed by atoms with Gasteiger partial charge in [-0.25, -0.2) is 4.39 Å². The second kappa shape index (κ2) is 7.47. The van der Waals surface area contributed by atoms with Gasteiger partial charge in [0.05, 0.1) is 0 Å². The molecular formula is C20H23FN2O. The first-order valence-electron chi connectivity index (χ1n) is 8.47. The molecule has 0 spiro atoms. The van der Waals surface area contributed by atoms with E-state index in [0.29, 0.717) is 18.8 Å². The Labute approximate surface area is 142 Å². The van der Waals surface area contributed by atoms with Crippen molar-refractivity contribution in [1.82, 2.24) is 4.90 Å². The average Bonchev–Trinajstić information content (AvgIpc) is 3.05. The average molecular weight is 326 g/mol. The number of para-hydroxylation sites is 1. The second-order valence-electron chi connectivity index (χ2n) is 6.52. The Morgan fingerprint density at radius 1 is 1.17 bits per heavy atom. The molecule has 1 fully saturated rings. The maximum atomic E-state index is 13.0. The molecule has 4 heteroatoms. The lowest BCUT2D eigenvalue weighted by Gasteiger charge is -2.17. The fraction of sp³-hybridized carbons (Fsp3) is 0.350. The van der Waals surface area contributed by atoms with E-state index in [2.05, 4.69) is 0 Å². The van der Waals surface area contributed by atoms with E-state index in [1.807, 2.05) is 41.3 Å². The number of nitrogens with zero attached hydrogens (tertiary/aromatic N) is 1. The van der Waals surface area contributed by atoms with Gasteiger partial charge in [-0.3, -0.25) is 4.79 Å². The summed E-state index contributed by atoms with van der Waals surface area (Å²) in [6, 6.07) is 14.4. The van der Waals surface area contributed by atoms with E-state index in [0.717, 1.165) is 42.7 Å². The lowest BCUT2D eigenvalue weighted by Crippen LogP contribution is -2.29. The van der Waals surface area contributed by atoms with Crippen LogP contribution in [0.3, 0.4) is 0 Å². The zero-order valence-corrected chi connectivity index (χ0v) is 13.7. The predicted molar refractivity (Wildman–Crippen MR) is 94.0 cm³/mol. The molecule has 1 saturated heterocycles. The molecule has 2 aromatic carbocycles. The Hall–Kier alpha value is -2.36. The minimum Gasteiger partial charge on any atom is -0.399 e. The molecule has 1 aliphatic heterocycles. The normalized spacial score (nSPS) is 17.2. The summed E-state index contributed by atoms with van der Waals surface area (Å²) >= 11 is 0. The number of likely N-dealkylation sites (tertiary alicyclic amines) is 1. The third-order valence-electron chi connectivity index (χ3n) is 4.74. The molecule has 2 N–H and O–H groups in total. The van der Waals surface area contributed by atoms with Gasteiger partial charge in [0.2, 0.25) is 5.91 Å². The summed E-state index contributed by atoms with van der Waals surface area (Å²) in [6.45, 7) is 1.61. The third kappa shape index (κ3) is 4.13. The lowest BCUT2D eigenvalue weighted by atomic mass is 9.99. The molecule has 1 atom stereocenters. The molecule has 0 radical (unpaired) electrons. The van der Waals surface area contributed by atoms with Crippen molar-refractivity contribution in [2.45, 2.75) is 25.7 Å². The van der Waals surface area contributed by atoms with Crippen molar-refractivity contribution in [3.8, 4) is 0 Å². The van der Waals surface area contributed by atoms with Crippen LogP contribution in [-0.2, 0) is 17.6 Å². The number of carbonyl (C=O) groups excluding carboxylic acids is 1. The van der Waals surface area contributed by atoms with Crippen LogP contribution in [0.15, 0.2) is 48.5 Å². The summed E-state index contributed by atoms with van der Waals surface area (Å²) in [5.41, 5.74) is 8.85. The number of anilines is 1. The summed E-state index contributed by atoms with van der Waals surface area (Å²) in [4.78, 5) is 14.4. The first kappa shape index (κ1) is 16.5. The minimum atomic E-state index is -0.206. The van der Waals surface area contributed by atoms with E-state index in [1.165, 1.54) is 12.1 Å². The van der Waals surface area contributed by atoms with E-state index in [9.17, 15) is 9.18 Å². The van der Waals surface area contributed by atoms with Crippen molar-refractivity contribution in [2.75, 3.05) is 18.8 Å². The van der Waals surface area contributed by atoms with Gasteiger partial charge in [0.1, 0.15) is 5.82 Å².